The molecule has 0 fully saturated rings. The second-order valence-corrected chi connectivity index (χ2v) is 5.78. The van der Waals surface area contributed by atoms with E-state index in [1.165, 1.54) is 0 Å². The van der Waals surface area contributed by atoms with E-state index in [-0.39, 0.29) is 0 Å². The summed E-state index contributed by atoms with van der Waals surface area (Å²) in [5.41, 5.74) is 5.12. The molecular formula is C18H18N6. The Bertz CT molecular complexity index is 984. The summed E-state index contributed by atoms with van der Waals surface area (Å²) in [7, 11) is 1.92. The van der Waals surface area contributed by atoms with E-state index in [1.807, 2.05) is 60.0 Å². The molecule has 1 N–H and O–H groups in total. The molecular weight excluding hydrogens is 300 g/mol. The monoisotopic (exact) mass is 318 g/mol. The zero-order valence-electron chi connectivity index (χ0n) is 13.6. The molecule has 0 saturated carbocycles. The average Bonchev–Trinajstić information content (AvgIpc) is 3.23. The van der Waals surface area contributed by atoms with Gasteiger partial charge in [0, 0.05) is 43.3 Å². The van der Waals surface area contributed by atoms with E-state index in [4.69, 9.17) is 0 Å². The highest BCUT2D eigenvalue weighted by Crippen LogP contribution is 2.18. The van der Waals surface area contributed by atoms with Crippen LogP contribution in [0.4, 0.5) is 5.69 Å². The van der Waals surface area contributed by atoms with Crippen LogP contribution in [0, 0.1) is 6.92 Å². The maximum Gasteiger partial charge on any atom is 0.157 e. The van der Waals surface area contributed by atoms with Gasteiger partial charge in [0.05, 0.1) is 11.4 Å². The van der Waals surface area contributed by atoms with Gasteiger partial charge in [0.15, 0.2) is 5.65 Å². The van der Waals surface area contributed by atoms with Gasteiger partial charge in [-0.3, -0.25) is 4.68 Å². The number of rotatable bonds is 4. The van der Waals surface area contributed by atoms with Gasteiger partial charge in [0.25, 0.3) is 0 Å². The van der Waals surface area contributed by atoms with Crippen molar-refractivity contribution in [2.24, 2.45) is 7.05 Å². The van der Waals surface area contributed by atoms with Crippen LogP contribution in [0.15, 0.2) is 55.0 Å². The van der Waals surface area contributed by atoms with Gasteiger partial charge in [0.2, 0.25) is 0 Å². The van der Waals surface area contributed by atoms with E-state index in [1.54, 1.807) is 6.20 Å². The second kappa shape index (κ2) is 5.81. The van der Waals surface area contributed by atoms with E-state index < -0.39 is 0 Å². The third kappa shape index (κ3) is 2.62. The van der Waals surface area contributed by atoms with Gasteiger partial charge in [-0.2, -0.15) is 10.2 Å². The largest absolute Gasteiger partial charge is 0.381 e. The molecule has 0 aliphatic rings. The van der Waals surface area contributed by atoms with E-state index in [0.29, 0.717) is 6.54 Å². The molecule has 0 spiro atoms. The molecule has 24 heavy (non-hydrogen) atoms. The topological polar surface area (TPSA) is 60.6 Å². The van der Waals surface area contributed by atoms with Crippen LogP contribution in [-0.4, -0.2) is 24.5 Å². The Morgan fingerprint density at radius 2 is 2.08 bits per heavy atom. The Hall–Kier alpha value is -3.15. The third-order valence-corrected chi connectivity index (χ3v) is 4.03. The van der Waals surface area contributed by atoms with Crippen LogP contribution >= 0.6 is 0 Å². The van der Waals surface area contributed by atoms with Crippen molar-refractivity contribution in [2.45, 2.75) is 13.5 Å². The van der Waals surface area contributed by atoms with E-state index in [2.05, 4.69) is 32.6 Å². The van der Waals surface area contributed by atoms with Gasteiger partial charge in [-0.05, 0) is 42.8 Å². The summed E-state index contributed by atoms with van der Waals surface area (Å²) in [5, 5.41) is 13.2. The fraction of sp³-hybridized carbons (Fsp3) is 0.167. The van der Waals surface area contributed by atoms with Gasteiger partial charge in [-0.25, -0.2) is 9.67 Å². The highest BCUT2D eigenvalue weighted by atomic mass is 15.3. The van der Waals surface area contributed by atoms with Crippen molar-refractivity contribution < 1.29 is 0 Å². The maximum atomic E-state index is 4.52. The van der Waals surface area contributed by atoms with Crippen LogP contribution < -0.4 is 5.32 Å². The lowest BCUT2D eigenvalue weighted by Crippen LogP contribution is -2.02. The van der Waals surface area contributed by atoms with Crippen LogP contribution in [0.5, 0.6) is 0 Å². The predicted molar refractivity (Wildman–Crippen MR) is 94.1 cm³/mol. The quantitative estimate of drug-likeness (QED) is 0.628. The van der Waals surface area contributed by atoms with Gasteiger partial charge < -0.3 is 5.32 Å². The molecule has 0 aliphatic heterocycles. The number of hydrogen-bond donors (Lipinski definition) is 1. The van der Waals surface area contributed by atoms with Crippen molar-refractivity contribution in [2.75, 3.05) is 5.32 Å². The minimum absolute atomic E-state index is 0.708. The molecule has 1 aromatic carbocycles. The molecule has 4 aromatic rings. The van der Waals surface area contributed by atoms with Gasteiger partial charge in [-0.15, -0.1) is 0 Å². The van der Waals surface area contributed by atoms with Crippen LogP contribution in [0.3, 0.4) is 0 Å². The van der Waals surface area contributed by atoms with Crippen LogP contribution in [0.1, 0.15) is 11.3 Å². The first-order valence-electron chi connectivity index (χ1n) is 7.83. The molecule has 0 atom stereocenters. The molecule has 0 saturated heterocycles. The van der Waals surface area contributed by atoms with Gasteiger partial charge in [0.1, 0.15) is 0 Å². The molecule has 0 unspecified atom stereocenters. The number of pyridine rings is 1. The number of anilines is 1. The number of nitrogens with zero attached hydrogens (tertiary/aromatic N) is 5. The highest BCUT2D eigenvalue weighted by Gasteiger charge is 2.07. The van der Waals surface area contributed by atoms with Crippen molar-refractivity contribution in [1.82, 2.24) is 24.5 Å². The summed E-state index contributed by atoms with van der Waals surface area (Å²) in [5.74, 6) is 0. The van der Waals surface area contributed by atoms with Crippen LogP contribution in [0.2, 0.25) is 0 Å². The van der Waals surface area contributed by atoms with Gasteiger partial charge >= 0.3 is 0 Å². The van der Waals surface area contributed by atoms with Crippen molar-refractivity contribution >= 4 is 16.7 Å². The molecule has 3 heterocycles. The molecule has 4 rings (SSSR count). The van der Waals surface area contributed by atoms with Gasteiger partial charge in [-0.1, -0.05) is 6.07 Å². The number of hydrogen-bond acceptors (Lipinski definition) is 4. The Morgan fingerprint density at radius 1 is 1.17 bits per heavy atom. The smallest absolute Gasteiger partial charge is 0.157 e. The first-order chi connectivity index (χ1) is 11.7. The fourth-order valence-corrected chi connectivity index (χ4v) is 2.83. The maximum absolute atomic E-state index is 4.52. The SMILES string of the molecule is Cc1nn(C)c2ncc(CNc3cccc(-n4cccn4)c3)cc12. The highest BCUT2D eigenvalue weighted by molar-refractivity contribution is 5.78. The molecule has 0 radical (unpaired) electrons. The Kier molecular flexibility index (Phi) is 3.49. The summed E-state index contributed by atoms with van der Waals surface area (Å²) in [4.78, 5) is 4.52. The lowest BCUT2D eigenvalue weighted by Gasteiger charge is -2.09. The number of aryl methyl sites for hydroxylation is 2. The third-order valence-electron chi connectivity index (χ3n) is 4.03. The van der Waals surface area contributed by atoms with Crippen LogP contribution in [0.25, 0.3) is 16.7 Å². The van der Waals surface area contributed by atoms with E-state index in [9.17, 15) is 0 Å². The molecule has 6 heteroatoms. The molecule has 0 amide bonds. The molecule has 120 valence electrons. The molecule has 0 bridgehead atoms. The minimum atomic E-state index is 0.708. The molecule has 6 nitrogen and oxygen atoms in total. The van der Waals surface area contributed by atoms with Crippen LogP contribution in [-0.2, 0) is 13.6 Å². The van der Waals surface area contributed by atoms with E-state index >= 15 is 0 Å². The molecule has 0 aliphatic carbocycles. The summed E-state index contributed by atoms with van der Waals surface area (Å²) in [6.45, 7) is 2.72. The first kappa shape index (κ1) is 14.4. The summed E-state index contributed by atoms with van der Waals surface area (Å²) in [6.07, 6.45) is 5.60. The number of fused-ring (bicyclic) bond motifs is 1. The summed E-state index contributed by atoms with van der Waals surface area (Å²) in [6, 6.07) is 12.2. The standard InChI is InChI=1S/C18H18N6/c1-13-17-9-14(12-20-18(17)23(2)22-13)11-19-15-5-3-6-16(10-15)24-8-4-7-21-24/h3-10,12,19H,11H2,1-2H3. The Labute approximate surface area is 139 Å². The fourth-order valence-electron chi connectivity index (χ4n) is 2.83. The summed E-state index contributed by atoms with van der Waals surface area (Å²) >= 11 is 0. The van der Waals surface area contributed by atoms with Crippen molar-refractivity contribution in [3.05, 3.63) is 66.2 Å². The first-order valence-corrected chi connectivity index (χ1v) is 7.83. The van der Waals surface area contributed by atoms with E-state index in [0.717, 1.165) is 33.7 Å². The Morgan fingerprint density at radius 3 is 2.92 bits per heavy atom. The second-order valence-electron chi connectivity index (χ2n) is 5.78. The lowest BCUT2D eigenvalue weighted by atomic mass is 10.2. The number of benzene rings is 1. The zero-order chi connectivity index (χ0) is 16.5. The average molecular weight is 318 g/mol. The number of aromatic nitrogens is 5. The predicted octanol–water partition coefficient (Wildman–Crippen LogP) is 3.07. The minimum Gasteiger partial charge on any atom is -0.381 e. The summed E-state index contributed by atoms with van der Waals surface area (Å²) < 4.78 is 3.66. The Balaban J connectivity index is 1.55. The lowest BCUT2D eigenvalue weighted by molar-refractivity contribution is 0.773. The normalized spacial score (nSPS) is 11.1. The van der Waals surface area contributed by atoms with Crippen molar-refractivity contribution in [3.8, 4) is 5.69 Å². The number of nitrogens with one attached hydrogen (secondary N) is 1. The zero-order valence-corrected chi connectivity index (χ0v) is 13.6. The van der Waals surface area contributed by atoms with Crippen molar-refractivity contribution in [3.63, 3.8) is 0 Å². The molecule has 3 aromatic heterocycles. The van der Waals surface area contributed by atoms with Crippen molar-refractivity contribution in [1.29, 1.82) is 0 Å².